The Kier molecular flexibility index (Phi) is 7.86. The van der Waals surface area contributed by atoms with E-state index >= 15 is 0 Å². The van der Waals surface area contributed by atoms with Crippen molar-refractivity contribution in [2.24, 2.45) is 5.92 Å². The number of anilines is 1. The van der Waals surface area contributed by atoms with E-state index in [1.807, 2.05) is 24.3 Å². The predicted octanol–water partition coefficient (Wildman–Crippen LogP) is 3.60. The van der Waals surface area contributed by atoms with Gasteiger partial charge in [0.2, 0.25) is 5.91 Å². The lowest BCUT2D eigenvalue weighted by atomic mass is 9.86. The van der Waals surface area contributed by atoms with Crippen LogP contribution in [0.15, 0.2) is 42.5 Å². The number of carbonyl (C=O) groups is 2. The molecule has 206 valence electrons. The highest BCUT2D eigenvalue weighted by Crippen LogP contribution is 2.35. The summed E-state index contributed by atoms with van der Waals surface area (Å²) in [6.07, 6.45) is -0.920. The molecule has 2 aliphatic heterocycles. The van der Waals surface area contributed by atoms with E-state index in [9.17, 15) is 22.4 Å². The van der Waals surface area contributed by atoms with Crippen LogP contribution in [0.2, 0.25) is 0 Å². The van der Waals surface area contributed by atoms with E-state index in [1.54, 1.807) is 25.1 Å². The molecule has 1 N–H and O–H groups in total. The molecule has 0 bridgehead atoms. The van der Waals surface area contributed by atoms with E-state index in [4.69, 9.17) is 4.74 Å². The molecule has 2 aromatic rings. The summed E-state index contributed by atoms with van der Waals surface area (Å²) in [5.41, 5.74) is 2.59. The molecule has 4 rings (SSSR count). The number of nitrogens with one attached hydrogen (secondary N) is 1. The van der Waals surface area contributed by atoms with Crippen LogP contribution < -0.4 is 5.32 Å². The first-order valence-corrected chi connectivity index (χ1v) is 14.5. The van der Waals surface area contributed by atoms with Gasteiger partial charge in [0.25, 0.3) is 0 Å². The van der Waals surface area contributed by atoms with Crippen LogP contribution in [0.1, 0.15) is 37.5 Å². The zero-order valence-corrected chi connectivity index (χ0v) is 23.3. The number of sulfone groups is 1. The van der Waals surface area contributed by atoms with Crippen LogP contribution in [0.25, 0.3) is 0 Å². The van der Waals surface area contributed by atoms with Crippen molar-refractivity contribution in [2.75, 3.05) is 37.5 Å². The standard InChI is InChI=1S/C28H36FN3O5S/c1-28(2,3)21-8-6-7-19(12-21)14-32-24-17-38(35,36)16-20(26(24)37-27(32)34)11-18-9-10-23(22(29)13-18)30-25(33)15-31(4)5/h6-10,12-13,20,24,26H,11,14-17H2,1-5H3,(H,30,33)/t20-,24+,26+/m1/s1. The molecular weight excluding hydrogens is 509 g/mol. The van der Waals surface area contributed by atoms with Gasteiger partial charge in [-0.1, -0.05) is 51.1 Å². The Bertz CT molecular complexity index is 1320. The topological polar surface area (TPSA) is 96.0 Å². The largest absolute Gasteiger partial charge is 0.444 e. The van der Waals surface area contributed by atoms with Gasteiger partial charge >= 0.3 is 6.09 Å². The normalized spacial score (nSPS) is 22.8. The Morgan fingerprint density at radius 1 is 1.13 bits per heavy atom. The van der Waals surface area contributed by atoms with Gasteiger partial charge in [-0.25, -0.2) is 17.6 Å². The lowest BCUT2D eigenvalue weighted by molar-refractivity contribution is -0.116. The summed E-state index contributed by atoms with van der Waals surface area (Å²) < 4.78 is 46.3. The van der Waals surface area contributed by atoms with Crippen LogP contribution in [0, 0.1) is 11.7 Å². The number of carbonyl (C=O) groups excluding carboxylic acids is 2. The van der Waals surface area contributed by atoms with E-state index < -0.39 is 39.8 Å². The van der Waals surface area contributed by atoms with Crippen LogP contribution >= 0.6 is 0 Å². The summed E-state index contributed by atoms with van der Waals surface area (Å²) in [5.74, 6) is -1.76. The van der Waals surface area contributed by atoms with Gasteiger partial charge < -0.3 is 15.0 Å². The molecule has 0 spiro atoms. The summed E-state index contributed by atoms with van der Waals surface area (Å²) in [5, 5.41) is 2.54. The number of amides is 2. The van der Waals surface area contributed by atoms with E-state index in [-0.39, 0.29) is 48.0 Å². The minimum Gasteiger partial charge on any atom is -0.444 e. The van der Waals surface area contributed by atoms with Crippen molar-refractivity contribution >= 4 is 27.5 Å². The minimum atomic E-state index is -3.46. The van der Waals surface area contributed by atoms with Crippen LogP contribution in [0.4, 0.5) is 14.9 Å². The molecule has 8 nitrogen and oxygen atoms in total. The smallest absolute Gasteiger partial charge is 0.410 e. The fourth-order valence-electron chi connectivity index (χ4n) is 5.18. The monoisotopic (exact) mass is 545 g/mol. The highest BCUT2D eigenvalue weighted by atomic mass is 32.2. The number of likely N-dealkylation sites (N-methyl/N-ethyl adjacent to an activating group) is 1. The van der Waals surface area contributed by atoms with Crippen molar-refractivity contribution in [1.29, 1.82) is 0 Å². The lowest BCUT2D eigenvalue weighted by Gasteiger charge is -2.34. The first-order valence-electron chi connectivity index (χ1n) is 12.7. The second-order valence-corrected chi connectivity index (χ2v) is 13.8. The van der Waals surface area contributed by atoms with Gasteiger partial charge in [0.15, 0.2) is 9.84 Å². The Balaban J connectivity index is 1.51. The summed E-state index contributed by atoms with van der Waals surface area (Å²) in [6, 6.07) is 11.8. The summed E-state index contributed by atoms with van der Waals surface area (Å²) in [4.78, 5) is 28.1. The molecule has 2 aromatic carbocycles. The van der Waals surface area contributed by atoms with E-state index in [0.29, 0.717) is 5.56 Å². The van der Waals surface area contributed by atoms with Gasteiger partial charge in [0.1, 0.15) is 11.9 Å². The first kappa shape index (κ1) is 28.0. The van der Waals surface area contributed by atoms with Gasteiger partial charge in [-0.05, 0) is 54.8 Å². The zero-order chi connectivity index (χ0) is 27.8. The van der Waals surface area contributed by atoms with Crippen LogP contribution in [0.5, 0.6) is 0 Å². The second-order valence-electron chi connectivity index (χ2n) is 11.6. The number of halogens is 1. The van der Waals surface area contributed by atoms with Gasteiger partial charge in [-0.15, -0.1) is 0 Å². The maximum atomic E-state index is 14.8. The van der Waals surface area contributed by atoms with Gasteiger partial charge in [-0.2, -0.15) is 0 Å². The fourth-order valence-corrected chi connectivity index (χ4v) is 7.16. The summed E-state index contributed by atoms with van der Waals surface area (Å²) in [7, 11) is 0.0198. The molecule has 0 saturated carbocycles. The average molecular weight is 546 g/mol. The number of fused-ring (bicyclic) bond motifs is 1. The third kappa shape index (κ3) is 6.53. The van der Waals surface area contributed by atoms with E-state index in [0.717, 1.165) is 11.1 Å². The Morgan fingerprint density at radius 3 is 2.53 bits per heavy atom. The number of hydrogen-bond acceptors (Lipinski definition) is 6. The van der Waals surface area contributed by atoms with Gasteiger partial charge in [0.05, 0.1) is 29.8 Å². The number of nitrogens with zero attached hydrogens (tertiary/aromatic N) is 2. The number of rotatable bonds is 7. The Morgan fingerprint density at radius 2 is 1.87 bits per heavy atom. The summed E-state index contributed by atoms with van der Waals surface area (Å²) in [6.45, 7) is 6.70. The molecule has 2 saturated heterocycles. The third-order valence-corrected chi connectivity index (χ3v) is 8.80. The molecule has 2 amide bonds. The Hall–Kier alpha value is -2.98. The molecule has 2 heterocycles. The van der Waals surface area contributed by atoms with Crippen LogP contribution in [-0.4, -0.2) is 74.5 Å². The molecule has 2 fully saturated rings. The van der Waals surface area contributed by atoms with Crippen molar-refractivity contribution in [3.8, 4) is 0 Å². The highest BCUT2D eigenvalue weighted by Gasteiger charge is 2.51. The molecule has 3 atom stereocenters. The van der Waals surface area contributed by atoms with Gasteiger partial charge in [-0.3, -0.25) is 9.69 Å². The first-order chi connectivity index (χ1) is 17.7. The number of benzene rings is 2. The SMILES string of the molecule is CN(C)CC(=O)Nc1ccc(C[C@@H]2CS(=O)(=O)C[C@H]3[C@H]2OC(=O)N3Cc2cccc(C(C)(C)C)c2)cc1F. The Labute approximate surface area is 224 Å². The lowest BCUT2D eigenvalue weighted by Crippen LogP contribution is -2.51. The molecule has 0 aliphatic carbocycles. The minimum absolute atomic E-state index is 0.0608. The fraction of sp³-hybridized carbons (Fsp3) is 0.500. The third-order valence-electron chi connectivity index (χ3n) is 7.02. The molecular formula is C28H36FN3O5S. The molecule has 2 aliphatic rings. The average Bonchev–Trinajstić information content (AvgIpc) is 3.09. The van der Waals surface area contributed by atoms with Crippen molar-refractivity contribution in [3.05, 3.63) is 65.0 Å². The van der Waals surface area contributed by atoms with Crippen LogP contribution in [-0.2, 0) is 37.7 Å². The predicted molar refractivity (Wildman–Crippen MR) is 144 cm³/mol. The molecule has 0 radical (unpaired) electrons. The van der Waals surface area contributed by atoms with Crippen molar-refractivity contribution in [3.63, 3.8) is 0 Å². The quantitative estimate of drug-likeness (QED) is 0.571. The number of ether oxygens (including phenoxy) is 1. The molecule has 0 aromatic heterocycles. The zero-order valence-electron chi connectivity index (χ0n) is 22.5. The molecule has 38 heavy (non-hydrogen) atoms. The summed E-state index contributed by atoms with van der Waals surface area (Å²) >= 11 is 0. The number of hydrogen-bond donors (Lipinski definition) is 1. The van der Waals surface area contributed by atoms with Crippen molar-refractivity contribution < 1.29 is 27.1 Å². The van der Waals surface area contributed by atoms with Crippen molar-refractivity contribution in [2.45, 2.75) is 51.3 Å². The maximum absolute atomic E-state index is 14.8. The molecule has 0 unspecified atom stereocenters. The highest BCUT2D eigenvalue weighted by molar-refractivity contribution is 7.91. The van der Waals surface area contributed by atoms with Crippen molar-refractivity contribution in [1.82, 2.24) is 9.80 Å². The maximum Gasteiger partial charge on any atom is 0.410 e. The van der Waals surface area contributed by atoms with Gasteiger partial charge in [0, 0.05) is 12.5 Å². The van der Waals surface area contributed by atoms with E-state index in [1.165, 1.54) is 17.0 Å². The van der Waals surface area contributed by atoms with E-state index in [2.05, 4.69) is 26.1 Å². The van der Waals surface area contributed by atoms with Crippen LogP contribution in [0.3, 0.4) is 0 Å². The second kappa shape index (κ2) is 10.6. The molecule has 10 heteroatoms.